The van der Waals surface area contributed by atoms with Gasteiger partial charge in [0, 0.05) is 12.1 Å². The Morgan fingerprint density at radius 1 is 1.29 bits per heavy atom. The minimum atomic E-state index is -3.07. The normalized spacial score (nSPS) is 10.7. The van der Waals surface area contributed by atoms with Crippen molar-refractivity contribution in [2.24, 2.45) is 0 Å². The average molecular weight is 362 g/mol. The zero-order chi connectivity index (χ0) is 18.0. The van der Waals surface area contributed by atoms with E-state index < -0.39 is 45.0 Å². The van der Waals surface area contributed by atoms with Gasteiger partial charge in [-0.1, -0.05) is 11.6 Å². The molecule has 0 aliphatic rings. The highest BCUT2D eigenvalue weighted by Gasteiger charge is 2.22. The number of rotatable bonds is 5. The molecule has 0 fully saturated rings. The molecular weight excluding hydrogens is 355 g/mol. The number of nitro groups is 1. The summed E-state index contributed by atoms with van der Waals surface area (Å²) >= 11 is 5.62. The van der Waals surface area contributed by atoms with Crippen LogP contribution < -0.4 is 4.74 Å². The Morgan fingerprint density at radius 2 is 1.96 bits per heavy atom. The predicted molar refractivity (Wildman–Crippen MR) is 76.5 cm³/mol. The summed E-state index contributed by atoms with van der Waals surface area (Å²) < 4.78 is 44.0. The number of nitrogens with zero attached hydrogens (tertiary/aromatic N) is 1. The first-order valence-corrected chi connectivity index (χ1v) is 6.55. The van der Waals surface area contributed by atoms with Gasteiger partial charge in [-0.15, -0.1) is 0 Å². The summed E-state index contributed by atoms with van der Waals surface area (Å²) in [5.74, 6) is -3.48. The van der Waals surface area contributed by atoms with Crippen LogP contribution >= 0.6 is 11.6 Å². The lowest BCUT2D eigenvalue weighted by molar-refractivity contribution is -0.385. The van der Waals surface area contributed by atoms with E-state index in [2.05, 4.69) is 0 Å². The molecule has 0 amide bonds. The molecule has 0 saturated heterocycles. The predicted octanol–water partition coefficient (Wildman–Crippen LogP) is 4.82. The Hall–Kier alpha value is -2.81. The van der Waals surface area contributed by atoms with E-state index in [-0.39, 0.29) is 11.5 Å². The number of alkyl halides is 2. The van der Waals surface area contributed by atoms with Crippen LogP contribution in [-0.2, 0) is 0 Å². The first kappa shape index (κ1) is 17.5. The molecule has 2 aromatic carbocycles. The molecule has 0 atom stereocenters. The number of carboxylic acids is 1. The van der Waals surface area contributed by atoms with Crippen molar-refractivity contribution in [2.75, 3.05) is 0 Å². The molecule has 0 aliphatic heterocycles. The van der Waals surface area contributed by atoms with Crippen LogP contribution in [-0.4, -0.2) is 16.0 Å². The van der Waals surface area contributed by atoms with E-state index >= 15 is 0 Å². The van der Waals surface area contributed by atoms with Crippen molar-refractivity contribution in [2.45, 2.75) is 6.43 Å². The summed E-state index contributed by atoms with van der Waals surface area (Å²) in [4.78, 5) is 20.9. The van der Waals surface area contributed by atoms with Crippen molar-refractivity contribution in [3.63, 3.8) is 0 Å². The van der Waals surface area contributed by atoms with Crippen molar-refractivity contribution in [1.82, 2.24) is 0 Å². The molecule has 0 aromatic heterocycles. The smallest absolute Gasteiger partial charge is 0.342 e. The van der Waals surface area contributed by atoms with Gasteiger partial charge in [0.25, 0.3) is 12.1 Å². The molecular formula is C14H7ClF3NO5. The number of hydrogen-bond acceptors (Lipinski definition) is 4. The minimum Gasteiger partial charge on any atom is -0.477 e. The van der Waals surface area contributed by atoms with Gasteiger partial charge in [-0.2, -0.15) is 0 Å². The van der Waals surface area contributed by atoms with Crippen LogP contribution in [0, 0.1) is 15.9 Å². The third kappa shape index (κ3) is 3.40. The summed E-state index contributed by atoms with van der Waals surface area (Å²) in [6.07, 6.45) is -3.07. The third-order valence-corrected chi connectivity index (χ3v) is 3.29. The zero-order valence-corrected chi connectivity index (χ0v) is 12.3. The Morgan fingerprint density at radius 3 is 2.50 bits per heavy atom. The molecule has 0 radical (unpaired) electrons. The molecule has 0 aliphatic carbocycles. The van der Waals surface area contributed by atoms with Crippen LogP contribution in [0.1, 0.15) is 22.3 Å². The summed E-state index contributed by atoms with van der Waals surface area (Å²) in [6, 6.07) is 4.55. The van der Waals surface area contributed by atoms with Crippen molar-refractivity contribution in [3.05, 3.63) is 62.4 Å². The number of ether oxygens (including phenoxy) is 1. The molecule has 1 N–H and O–H groups in total. The van der Waals surface area contributed by atoms with Crippen LogP contribution in [0.25, 0.3) is 0 Å². The van der Waals surface area contributed by atoms with E-state index in [1.807, 2.05) is 0 Å². The maximum Gasteiger partial charge on any atom is 0.342 e. The SMILES string of the molecule is O=C(O)c1cc(Oc2ccc(C(F)F)c(F)c2Cl)ccc1[N+](=O)[O-]. The molecule has 0 saturated carbocycles. The Labute approximate surface area is 137 Å². The maximum absolute atomic E-state index is 13.7. The van der Waals surface area contributed by atoms with Crippen molar-refractivity contribution in [3.8, 4) is 11.5 Å². The van der Waals surface area contributed by atoms with Gasteiger partial charge in [-0.05, 0) is 18.2 Å². The summed E-state index contributed by atoms with van der Waals surface area (Å²) in [5.41, 5.74) is -2.24. The molecule has 0 heterocycles. The van der Waals surface area contributed by atoms with Gasteiger partial charge < -0.3 is 9.84 Å². The first-order valence-electron chi connectivity index (χ1n) is 6.18. The van der Waals surface area contributed by atoms with Gasteiger partial charge in [0.1, 0.15) is 22.1 Å². The van der Waals surface area contributed by atoms with Crippen molar-refractivity contribution < 1.29 is 32.7 Å². The van der Waals surface area contributed by atoms with Gasteiger partial charge >= 0.3 is 5.97 Å². The second kappa shape index (κ2) is 6.75. The van der Waals surface area contributed by atoms with E-state index in [1.54, 1.807) is 0 Å². The fourth-order valence-corrected chi connectivity index (χ4v) is 2.04. The second-order valence-electron chi connectivity index (χ2n) is 4.42. The van der Waals surface area contributed by atoms with Gasteiger partial charge in [0.05, 0.1) is 10.5 Å². The van der Waals surface area contributed by atoms with E-state index in [0.29, 0.717) is 0 Å². The minimum absolute atomic E-state index is 0.191. The first-order chi connectivity index (χ1) is 11.2. The van der Waals surface area contributed by atoms with Crippen LogP contribution in [0.3, 0.4) is 0 Å². The summed E-state index contributed by atoms with van der Waals surface area (Å²) in [6.45, 7) is 0. The maximum atomic E-state index is 13.7. The monoisotopic (exact) mass is 361 g/mol. The Bertz CT molecular complexity index is 828. The zero-order valence-electron chi connectivity index (χ0n) is 11.5. The van der Waals surface area contributed by atoms with Crippen molar-refractivity contribution >= 4 is 23.3 Å². The van der Waals surface area contributed by atoms with Crippen LogP contribution in [0.15, 0.2) is 30.3 Å². The van der Waals surface area contributed by atoms with Crippen LogP contribution in [0.4, 0.5) is 18.9 Å². The average Bonchev–Trinajstić information content (AvgIpc) is 2.51. The molecule has 0 bridgehead atoms. The molecule has 6 nitrogen and oxygen atoms in total. The molecule has 126 valence electrons. The molecule has 2 rings (SSSR count). The number of hydrogen-bond donors (Lipinski definition) is 1. The number of carboxylic acid groups (broad SMARTS) is 1. The Balaban J connectivity index is 2.42. The van der Waals surface area contributed by atoms with Gasteiger partial charge in [0.2, 0.25) is 0 Å². The van der Waals surface area contributed by atoms with Gasteiger partial charge in [0.15, 0.2) is 5.82 Å². The van der Waals surface area contributed by atoms with Crippen molar-refractivity contribution in [1.29, 1.82) is 0 Å². The fourth-order valence-electron chi connectivity index (χ4n) is 1.83. The molecule has 2 aromatic rings. The highest BCUT2D eigenvalue weighted by atomic mass is 35.5. The topological polar surface area (TPSA) is 89.7 Å². The quantitative estimate of drug-likeness (QED) is 0.609. The number of carbonyl (C=O) groups is 1. The van der Waals surface area contributed by atoms with Crippen LogP contribution in [0.5, 0.6) is 11.5 Å². The highest BCUT2D eigenvalue weighted by molar-refractivity contribution is 6.32. The van der Waals surface area contributed by atoms with E-state index in [0.717, 1.165) is 30.3 Å². The number of benzene rings is 2. The lowest BCUT2D eigenvalue weighted by Gasteiger charge is -2.11. The largest absolute Gasteiger partial charge is 0.477 e. The molecule has 0 unspecified atom stereocenters. The van der Waals surface area contributed by atoms with Gasteiger partial charge in [-0.25, -0.2) is 18.0 Å². The lowest BCUT2D eigenvalue weighted by Crippen LogP contribution is -2.03. The lowest BCUT2D eigenvalue weighted by atomic mass is 10.1. The Kier molecular flexibility index (Phi) is 4.93. The third-order valence-electron chi connectivity index (χ3n) is 2.93. The number of aromatic carboxylic acids is 1. The second-order valence-corrected chi connectivity index (χ2v) is 4.80. The van der Waals surface area contributed by atoms with E-state index in [1.165, 1.54) is 0 Å². The van der Waals surface area contributed by atoms with E-state index in [4.69, 9.17) is 21.4 Å². The molecule has 0 spiro atoms. The molecule has 24 heavy (non-hydrogen) atoms. The van der Waals surface area contributed by atoms with Gasteiger partial charge in [-0.3, -0.25) is 10.1 Å². The fraction of sp³-hybridized carbons (Fsp3) is 0.0714. The number of nitro benzene ring substituents is 1. The van der Waals surface area contributed by atoms with E-state index in [9.17, 15) is 28.1 Å². The highest BCUT2D eigenvalue weighted by Crippen LogP contribution is 2.37. The number of halogens is 4. The molecule has 10 heteroatoms. The standard InChI is InChI=1S/C14H7ClF3NO5/c15-11-10(4-2-7(12(11)16)13(17)18)24-6-1-3-9(19(22)23)8(5-6)14(20)21/h1-5,13H,(H,20,21). The summed E-state index contributed by atoms with van der Waals surface area (Å²) in [7, 11) is 0. The van der Waals surface area contributed by atoms with Crippen LogP contribution in [0.2, 0.25) is 5.02 Å². The summed E-state index contributed by atoms with van der Waals surface area (Å²) in [5, 5.41) is 19.0.